The molecule has 1 saturated heterocycles. The van der Waals surface area contributed by atoms with Gasteiger partial charge in [0, 0.05) is 13.1 Å². The van der Waals surface area contributed by atoms with E-state index in [1.807, 2.05) is 0 Å². The first-order chi connectivity index (χ1) is 6.72. The van der Waals surface area contributed by atoms with E-state index >= 15 is 0 Å². The summed E-state index contributed by atoms with van der Waals surface area (Å²) in [5.74, 6) is -0.890. The predicted octanol–water partition coefficient (Wildman–Crippen LogP) is -2.90. The van der Waals surface area contributed by atoms with Crippen molar-refractivity contribution < 1.29 is 20.1 Å². The van der Waals surface area contributed by atoms with Crippen molar-refractivity contribution in [3.05, 3.63) is 0 Å². The van der Waals surface area contributed by atoms with Crippen molar-refractivity contribution in [1.82, 2.24) is 15.6 Å². The molecule has 0 bridgehead atoms. The van der Waals surface area contributed by atoms with E-state index in [1.54, 1.807) is 5.01 Å². The Morgan fingerprint density at radius 3 is 2.64 bits per heavy atom. The molecule has 0 aromatic heterocycles. The summed E-state index contributed by atoms with van der Waals surface area (Å²) in [5.41, 5.74) is 2.61. The molecular formula is C7H15N3O4. The molecule has 1 fully saturated rings. The summed E-state index contributed by atoms with van der Waals surface area (Å²) in [4.78, 5) is 11.4. The molecule has 7 nitrogen and oxygen atoms in total. The van der Waals surface area contributed by atoms with Crippen LogP contribution in [-0.2, 0) is 4.79 Å². The van der Waals surface area contributed by atoms with Crippen LogP contribution in [-0.4, -0.2) is 64.3 Å². The van der Waals surface area contributed by atoms with Gasteiger partial charge in [0.1, 0.15) is 6.73 Å². The van der Waals surface area contributed by atoms with Gasteiger partial charge in [-0.1, -0.05) is 0 Å². The third-order valence-electron chi connectivity index (χ3n) is 2.05. The molecule has 4 N–H and O–H groups in total. The first-order valence-electron chi connectivity index (χ1n) is 4.38. The summed E-state index contributed by atoms with van der Waals surface area (Å²) >= 11 is 0. The molecule has 0 aliphatic carbocycles. The van der Waals surface area contributed by atoms with Crippen molar-refractivity contribution in [3.8, 4) is 0 Å². The maximum Gasteiger partial charge on any atom is 0.246 e. The van der Waals surface area contributed by atoms with Crippen LogP contribution in [0.3, 0.4) is 0 Å². The molecule has 14 heavy (non-hydrogen) atoms. The first kappa shape index (κ1) is 11.3. The number of nitrogens with zero attached hydrogens (tertiary/aromatic N) is 2. The van der Waals surface area contributed by atoms with Gasteiger partial charge in [-0.05, 0) is 0 Å². The second kappa shape index (κ2) is 5.23. The monoisotopic (exact) mass is 205 g/mol. The van der Waals surface area contributed by atoms with Crippen LogP contribution in [0.1, 0.15) is 0 Å². The Bertz CT molecular complexity index is 185. The lowest BCUT2D eigenvalue weighted by molar-refractivity contribution is -0.165. The Morgan fingerprint density at radius 1 is 1.43 bits per heavy atom. The Labute approximate surface area is 81.5 Å². The second-order valence-electron chi connectivity index (χ2n) is 3.06. The van der Waals surface area contributed by atoms with Crippen LogP contribution < -0.4 is 5.53 Å². The zero-order chi connectivity index (χ0) is 10.6. The molecule has 7 heteroatoms. The van der Waals surface area contributed by atoms with Crippen LogP contribution in [0.2, 0.25) is 0 Å². The van der Waals surface area contributed by atoms with Crippen molar-refractivity contribution in [3.63, 3.8) is 0 Å². The molecule has 0 radical (unpaired) electrons. The Balaban J connectivity index is 2.58. The molecule has 1 unspecified atom stereocenters. The number of rotatable bonds is 4. The number of hydrazine groups is 2. The largest absolute Gasteiger partial charge is 0.395 e. The molecular weight excluding hydrogens is 190 g/mol. The quantitative estimate of drug-likeness (QED) is 0.393. The Morgan fingerprint density at radius 2 is 2.14 bits per heavy atom. The van der Waals surface area contributed by atoms with E-state index in [0.29, 0.717) is 13.1 Å². The van der Waals surface area contributed by atoms with E-state index in [0.717, 1.165) is 5.01 Å². The molecule has 0 aromatic rings. The molecule has 0 aromatic carbocycles. The van der Waals surface area contributed by atoms with Crippen molar-refractivity contribution in [2.45, 2.75) is 0 Å². The number of hydrogen-bond acceptors (Lipinski definition) is 6. The normalized spacial score (nSPS) is 24.4. The summed E-state index contributed by atoms with van der Waals surface area (Å²) in [6.45, 7) is -0.124. The van der Waals surface area contributed by atoms with Crippen LogP contribution in [0.5, 0.6) is 0 Å². The third kappa shape index (κ3) is 2.40. The number of carbonyl (C=O) groups excluding carboxylic acids is 1. The van der Waals surface area contributed by atoms with E-state index in [-0.39, 0.29) is 19.1 Å². The van der Waals surface area contributed by atoms with Crippen molar-refractivity contribution >= 4 is 5.91 Å². The third-order valence-corrected chi connectivity index (χ3v) is 2.05. The fourth-order valence-electron chi connectivity index (χ4n) is 1.32. The van der Waals surface area contributed by atoms with Crippen LogP contribution in [0.15, 0.2) is 0 Å². The summed E-state index contributed by atoms with van der Waals surface area (Å²) < 4.78 is 0. The summed E-state index contributed by atoms with van der Waals surface area (Å²) in [5, 5.41) is 29.0. The zero-order valence-corrected chi connectivity index (χ0v) is 7.76. The van der Waals surface area contributed by atoms with E-state index in [1.165, 1.54) is 0 Å². The molecule has 1 heterocycles. The van der Waals surface area contributed by atoms with Gasteiger partial charge in [-0.25, -0.2) is 10.0 Å². The molecule has 1 aliphatic heterocycles. The summed E-state index contributed by atoms with van der Waals surface area (Å²) in [6, 6.07) is 0. The molecule has 0 spiro atoms. The van der Waals surface area contributed by atoms with E-state index in [2.05, 4.69) is 5.53 Å². The number of aliphatic hydroxyl groups excluding tert-OH is 3. The Kier molecular flexibility index (Phi) is 4.23. The minimum absolute atomic E-state index is 0.0569. The highest BCUT2D eigenvalue weighted by molar-refractivity contribution is 5.79. The van der Waals surface area contributed by atoms with E-state index in [4.69, 9.17) is 15.3 Å². The minimum atomic E-state index is -0.546. The molecule has 1 atom stereocenters. The van der Waals surface area contributed by atoms with Gasteiger partial charge in [-0.2, -0.15) is 5.53 Å². The van der Waals surface area contributed by atoms with Crippen LogP contribution in [0, 0.1) is 5.92 Å². The lowest BCUT2D eigenvalue weighted by Crippen LogP contribution is -2.62. The van der Waals surface area contributed by atoms with Crippen molar-refractivity contribution in [2.75, 3.05) is 33.0 Å². The average molecular weight is 205 g/mol. The smallest absolute Gasteiger partial charge is 0.246 e. The van der Waals surface area contributed by atoms with Gasteiger partial charge in [0.05, 0.1) is 19.1 Å². The molecule has 0 saturated carbocycles. The summed E-state index contributed by atoms with van der Waals surface area (Å²) in [6.07, 6.45) is 0. The highest BCUT2D eigenvalue weighted by atomic mass is 16.3. The highest BCUT2D eigenvalue weighted by Crippen LogP contribution is 2.08. The lowest BCUT2D eigenvalue weighted by Gasteiger charge is -2.38. The van der Waals surface area contributed by atoms with Gasteiger partial charge >= 0.3 is 0 Å². The van der Waals surface area contributed by atoms with Gasteiger partial charge in [0.2, 0.25) is 5.91 Å². The maximum atomic E-state index is 11.4. The van der Waals surface area contributed by atoms with Gasteiger partial charge in [-0.3, -0.25) is 4.79 Å². The predicted molar refractivity (Wildman–Crippen MR) is 46.3 cm³/mol. The van der Waals surface area contributed by atoms with Crippen molar-refractivity contribution in [2.24, 2.45) is 5.92 Å². The summed E-state index contributed by atoms with van der Waals surface area (Å²) in [7, 11) is 0. The fourth-order valence-corrected chi connectivity index (χ4v) is 1.32. The lowest BCUT2D eigenvalue weighted by atomic mass is 10.1. The van der Waals surface area contributed by atoms with Crippen LogP contribution in [0.4, 0.5) is 0 Å². The standard InChI is InChI=1S/C7H15N3O4/c11-2-1-9-3-6(4-12)7(14)10(5-13)8-9/h6,8,11-13H,1-5H2. The number of hydrogen-bond donors (Lipinski definition) is 4. The average Bonchev–Trinajstić information content (AvgIpc) is 2.20. The van der Waals surface area contributed by atoms with Crippen molar-refractivity contribution in [1.29, 1.82) is 0 Å². The van der Waals surface area contributed by atoms with Crippen LogP contribution >= 0.6 is 0 Å². The van der Waals surface area contributed by atoms with Gasteiger partial charge in [0.25, 0.3) is 0 Å². The fraction of sp³-hybridized carbons (Fsp3) is 0.857. The van der Waals surface area contributed by atoms with Gasteiger partial charge in [-0.15, -0.1) is 0 Å². The molecule has 1 aliphatic rings. The van der Waals surface area contributed by atoms with E-state index < -0.39 is 12.6 Å². The SMILES string of the molecule is O=C1C(CO)CN(CCO)NN1CO. The maximum absolute atomic E-state index is 11.4. The number of aliphatic hydroxyl groups is 3. The van der Waals surface area contributed by atoms with E-state index in [9.17, 15) is 4.79 Å². The number of β-amino-alcohol motifs (C(OH)–C–C–N with tert-alkyl or cyclic N) is 1. The highest BCUT2D eigenvalue weighted by Gasteiger charge is 2.31. The topological polar surface area (TPSA) is 96.3 Å². The number of carbonyl (C=O) groups is 1. The zero-order valence-electron chi connectivity index (χ0n) is 7.76. The number of nitrogens with one attached hydrogen (secondary N) is 1. The first-order valence-corrected chi connectivity index (χ1v) is 4.38. The molecule has 1 amide bonds. The number of amides is 1. The van der Waals surface area contributed by atoms with Gasteiger partial charge < -0.3 is 15.3 Å². The molecule has 82 valence electrons. The van der Waals surface area contributed by atoms with Gasteiger partial charge in [0.15, 0.2) is 0 Å². The van der Waals surface area contributed by atoms with Crippen LogP contribution in [0.25, 0.3) is 0 Å². The second-order valence-corrected chi connectivity index (χ2v) is 3.06. The molecule has 1 rings (SSSR count). The Hall–Kier alpha value is -0.730. The minimum Gasteiger partial charge on any atom is -0.395 e.